The molecule has 4 aromatic heterocycles. The topological polar surface area (TPSA) is 181 Å². The Balaban J connectivity index is 0.968. The van der Waals surface area contributed by atoms with Gasteiger partial charge in [-0.2, -0.15) is 0 Å². The summed E-state index contributed by atoms with van der Waals surface area (Å²) in [6.45, 7) is 4.94. The molecule has 0 radical (unpaired) electrons. The Morgan fingerprint density at radius 3 is 2.56 bits per heavy atom. The molecule has 2 aliphatic rings. The molecule has 5 aromatic rings. The Morgan fingerprint density at radius 1 is 0.964 bits per heavy atom. The summed E-state index contributed by atoms with van der Waals surface area (Å²) in [5.41, 5.74) is 5.34. The molecule has 2 atom stereocenters. The van der Waals surface area contributed by atoms with Crippen LogP contribution in [0, 0.1) is 0 Å². The van der Waals surface area contributed by atoms with Crippen LogP contribution in [0.5, 0.6) is 0 Å². The minimum absolute atomic E-state index is 0.111. The minimum atomic E-state index is -0.786. The van der Waals surface area contributed by atoms with Crippen LogP contribution in [0.3, 0.4) is 0 Å². The van der Waals surface area contributed by atoms with E-state index in [4.69, 9.17) is 9.97 Å². The van der Waals surface area contributed by atoms with Crippen molar-refractivity contribution < 1.29 is 24.0 Å². The van der Waals surface area contributed by atoms with Crippen molar-refractivity contribution in [3.05, 3.63) is 102 Å². The third-order valence-corrected chi connectivity index (χ3v) is 9.89. The van der Waals surface area contributed by atoms with Crippen molar-refractivity contribution in [3.8, 4) is 22.5 Å². The third kappa shape index (κ3) is 7.61. The number of benzene rings is 1. The fourth-order valence-corrected chi connectivity index (χ4v) is 7.04. The van der Waals surface area contributed by atoms with Crippen LogP contribution >= 0.6 is 0 Å². The van der Waals surface area contributed by atoms with Gasteiger partial charge < -0.3 is 20.1 Å². The van der Waals surface area contributed by atoms with Crippen molar-refractivity contribution >= 4 is 46.4 Å². The highest BCUT2D eigenvalue weighted by Gasteiger charge is 2.34. The van der Waals surface area contributed by atoms with Crippen molar-refractivity contribution in [1.29, 1.82) is 0 Å². The number of hydrogen-bond acceptors (Lipinski definition) is 9. The summed E-state index contributed by atoms with van der Waals surface area (Å²) in [5.74, 6) is -0.682. The lowest BCUT2D eigenvalue weighted by molar-refractivity contribution is -0.136. The van der Waals surface area contributed by atoms with E-state index >= 15 is 0 Å². The lowest BCUT2D eigenvalue weighted by atomic mass is 10.00. The normalized spacial score (nSPS) is 17.0. The second kappa shape index (κ2) is 15.8. The molecule has 2 unspecified atom stereocenters. The van der Waals surface area contributed by atoms with E-state index in [-0.39, 0.29) is 48.0 Å². The lowest BCUT2D eigenvalue weighted by Gasteiger charge is -2.32. The first-order valence-electron chi connectivity index (χ1n) is 18.4. The predicted octanol–water partition coefficient (Wildman–Crippen LogP) is 4.41. The van der Waals surface area contributed by atoms with Gasteiger partial charge in [0.1, 0.15) is 29.3 Å². The number of carbonyl (C=O) groups is 5. The first-order valence-corrected chi connectivity index (χ1v) is 18.4. The number of imide groups is 1. The van der Waals surface area contributed by atoms with Crippen molar-refractivity contribution in [1.82, 2.24) is 45.4 Å². The highest BCUT2D eigenvalue weighted by molar-refractivity contribution is 6.03. The fourth-order valence-electron chi connectivity index (χ4n) is 7.04. The Bertz CT molecular complexity index is 2350. The van der Waals surface area contributed by atoms with Crippen LogP contribution in [-0.4, -0.2) is 78.6 Å². The summed E-state index contributed by atoms with van der Waals surface area (Å²) >= 11 is 0. The highest BCUT2D eigenvalue weighted by Crippen LogP contribution is 2.37. The number of carbonyl (C=O) groups excluding carboxylic acids is 5. The molecule has 1 saturated heterocycles. The Hall–Kier alpha value is -6.57. The number of nitrogens with one attached hydrogen (secondary N) is 3. The Labute approximate surface area is 317 Å². The molecule has 2 aliphatic heterocycles. The monoisotopic (exact) mass is 739 g/mol. The molecule has 280 valence electrons. The fraction of sp³-hybridized carbons (Fsp3) is 0.293. The average Bonchev–Trinajstić information content (AvgIpc) is 3.56. The molecule has 3 N–H and O–H groups in total. The number of amides is 5. The van der Waals surface area contributed by atoms with Crippen LogP contribution in [0.25, 0.3) is 39.4 Å². The van der Waals surface area contributed by atoms with E-state index in [1.54, 1.807) is 41.4 Å². The zero-order valence-electron chi connectivity index (χ0n) is 30.8. The summed E-state index contributed by atoms with van der Waals surface area (Å²) in [6, 6.07) is 15.5. The number of aromatic nitrogens is 5. The van der Waals surface area contributed by atoms with Gasteiger partial charge in [-0.15, -0.1) is 0 Å². The summed E-state index contributed by atoms with van der Waals surface area (Å²) in [5, 5.41) is 9.65. The van der Waals surface area contributed by atoms with E-state index in [1.807, 2.05) is 50.5 Å². The molecule has 5 amide bonds. The quantitative estimate of drug-likeness (QED) is 0.131. The number of aryl methyl sites for hydroxylation is 1. The number of hydrogen-bond donors (Lipinski definition) is 3. The molecule has 1 fully saturated rings. The third-order valence-electron chi connectivity index (χ3n) is 9.89. The van der Waals surface area contributed by atoms with Gasteiger partial charge in [0.15, 0.2) is 0 Å². The van der Waals surface area contributed by atoms with E-state index in [2.05, 4.69) is 43.5 Å². The van der Waals surface area contributed by atoms with Gasteiger partial charge >= 0.3 is 0 Å². The predicted molar refractivity (Wildman–Crippen MR) is 205 cm³/mol. The van der Waals surface area contributed by atoms with Gasteiger partial charge in [-0.3, -0.25) is 39.3 Å². The van der Waals surface area contributed by atoms with Crippen LogP contribution in [-0.2, 0) is 27.3 Å². The number of nitrogens with zero attached hydrogens (tertiary/aromatic N) is 6. The number of rotatable bonds is 11. The summed E-state index contributed by atoms with van der Waals surface area (Å²) in [7, 11) is 1.84. The van der Waals surface area contributed by atoms with Crippen LogP contribution in [0.2, 0.25) is 0 Å². The van der Waals surface area contributed by atoms with Crippen molar-refractivity contribution in [2.24, 2.45) is 0 Å². The van der Waals surface area contributed by atoms with Gasteiger partial charge in [0, 0.05) is 55.3 Å². The molecule has 0 aliphatic carbocycles. The second-order valence-electron chi connectivity index (χ2n) is 13.6. The zero-order chi connectivity index (χ0) is 38.6. The van der Waals surface area contributed by atoms with E-state index < -0.39 is 17.9 Å². The smallest absolute Gasteiger partial charge is 0.270 e. The molecular formula is C41H41N9O5. The molecular weight excluding hydrogens is 699 g/mol. The van der Waals surface area contributed by atoms with E-state index in [9.17, 15) is 24.0 Å². The second-order valence-corrected chi connectivity index (χ2v) is 13.6. The number of pyridine rings is 3. The number of fused-ring (bicyclic) bond motifs is 2. The van der Waals surface area contributed by atoms with Crippen LogP contribution in [0.4, 0.5) is 0 Å². The maximum atomic E-state index is 13.0. The average molecular weight is 740 g/mol. The minimum Gasteiger partial charge on any atom is -0.350 e. The maximum absolute atomic E-state index is 13.0. The molecule has 55 heavy (non-hydrogen) atoms. The molecule has 0 saturated carbocycles. The lowest BCUT2D eigenvalue weighted by Crippen LogP contribution is -2.52. The molecule has 7 rings (SSSR count). The number of imidazole rings is 1. The van der Waals surface area contributed by atoms with Crippen molar-refractivity contribution in [3.63, 3.8) is 0 Å². The Kier molecular flexibility index (Phi) is 10.6. The van der Waals surface area contributed by atoms with Crippen molar-refractivity contribution in [2.45, 2.75) is 64.6 Å². The summed E-state index contributed by atoms with van der Waals surface area (Å²) in [4.78, 5) is 82.2. The van der Waals surface area contributed by atoms with Crippen LogP contribution in [0.15, 0.2) is 73.1 Å². The summed E-state index contributed by atoms with van der Waals surface area (Å²) in [6.07, 6.45) is 9.40. The first-order chi connectivity index (χ1) is 26.6. The van der Waals surface area contributed by atoms with Crippen molar-refractivity contribution in [2.75, 3.05) is 13.6 Å². The molecule has 0 bridgehead atoms. The van der Waals surface area contributed by atoms with Gasteiger partial charge in [0.25, 0.3) is 11.8 Å². The molecule has 0 spiro atoms. The van der Waals surface area contributed by atoms with Gasteiger partial charge in [-0.1, -0.05) is 44.2 Å². The molecule has 14 nitrogen and oxygen atoms in total. The molecule has 14 heteroatoms. The van der Waals surface area contributed by atoms with Gasteiger partial charge in [0.2, 0.25) is 17.7 Å². The Morgan fingerprint density at radius 2 is 1.80 bits per heavy atom. The van der Waals surface area contributed by atoms with E-state index in [0.29, 0.717) is 31.6 Å². The standard InChI is InChI=1S/C41H41N9O5/c1-4-33-41(55)49(3)23-34-37(47-35(5-2)50(33)34)27-13-8-10-24-20-32(44-22-28(24)27)25-15-16-29(43-21-25)38(52)42-19-7-6-11-26-12-9-14-30(45-26)39(53)46-31-17-18-36(51)48-40(31)54/h6,8-16,20-22,31,33H,4-5,7,17-19,23H2,1-3H3,(H,42,52)(H,46,53)(H,48,51,54)/b11-6+. The molecule has 1 aromatic carbocycles. The zero-order valence-corrected chi connectivity index (χ0v) is 30.8. The maximum Gasteiger partial charge on any atom is 0.270 e. The number of likely N-dealkylation sites (N-methyl/N-ethyl adjacent to an activating group) is 1. The summed E-state index contributed by atoms with van der Waals surface area (Å²) < 4.78 is 2.13. The SMILES string of the molecule is CCc1nc(-c2cccc3cc(-c4ccc(C(=O)NCC/C=C/c5cccc(C(=O)NC6CCC(=O)NC6=O)n5)nc4)ncc23)c2n1C(CC)C(=O)N(C)C2. The van der Waals surface area contributed by atoms with E-state index in [0.717, 1.165) is 51.2 Å². The highest BCUT2D eigenvalue weighted by atomic mass is 16.2. The van der Waals surface area contributed by atoms with Gasteiger partial charge in [0.05, 0.1) is 29.3 Å². The van der Waals surface area contributed by atoms with E-state index in [1.165, 1.54) is 0 Å². The van der Waals surface area contributed by atoms with Gasteiger partial charge in [-0.05, 0) is 61.1 Å². The van der Waals surface area contributed by atoms with Crippen LogP contribution in [0.1, 0.15) is 83.8 Å². The number of piperidine rings is 1. The first kappa shape index (κ1) is 36.8. The van der Waals surface area contributed by atoms with Gasteiger partial charge in [-0.25, -0.2) is 9.97 Å². The largest absolute Gasteiger partial charge is 0.350 e. The van der Waals surface area contributed by atoms with Crippen LogP contribution < -0.4 is 16.0 Å². The molecule has 6 heterocycles.